The van der Waals surface area contributed by atoms with E-state index in [-0.39, 0.29) is 34.9 Å². The predicted octanol–water partition coefficient (Wildman–Crippen LogP) is 4.20. The fourth-order valence-electron chi connectivity index (χ4n) is 7.25. The molecule has 2 aliphatic heterocycles. The molecule has 12 heteroatoms. The Hall–Kier alpha value is -2.57. The van der Waals surface area contributed by atoms with Crippen LogP contribution in [0.3, 0.4) is 0 Å². The number of hydrogen-bond acceptors (Lipinski definition) is 5. The van der Waals surface area contributed by atoms with E-state index in [0.29, 0.717) is 23.3 Å². The number of hydrogen-bond donors (Lipinski definition) is 1. The lowest BCUT2D eigenvalue weighted by Crippen LogP contribution is -2.40. The number of fused-ring (bicyclic) bond motifs is 3. The third-order valence-corrected chi connectivity index (χ3v) is 12.4. The van der Waals surface area contributed by atoms with Gasteiger partial charge < -0.3 is 4.90 Å². The molecule has 5 aliphatic rings. The number of sulfonamides is 2. The number of carbonyl (C=O) groups excluding carboxylic acids is 1. The molecule has 3 aliphatic carbocycles. The molecule has 1 N–H and O–H groups in total. The molecule has 0 radical (unpaired) electrons. The van der Waals surface area contributed by atoms with Crippen LogP contribution in [-0.4, -0.2) is 58.9 Å². The summed E-state index contributed by atoms with van der Waals surface area (Å²) in [7, 11) is -7.51. The van der Waals surface area contributed by atoms with Crippen molar-refractivity contribution in [2.45, 2.75) is 54.8 Å². The van der Waals surface area contributed by atoms with Crippen LogP contribution in [-0.2, 0) is 25.5 Å². The first-order valence-electron chi connectivity index (χ1n) is 13.7. The number of alkyl halides is 2. The molecule has 7 rings (SSSR count). The average Bonchev–Trinajstić information content (AvgIpc) is 3.60. The fourth-order valence-corrected chi connectivity index (χ4v) is 9.35. The zero-order valence-corrected chi connectivity index (χ0v) is 23.7. The highest BCUT2D eigenvalue weighted by molar-refractivity contribution is 7.92. The van der Waals surface area contributed by atoms with Gasteiger partial charge in [0, 0.05) is 53.8 Å². The third-order valence-electron chi connectivity index (χ3n) is 9.98. The van der Waals surface area contributed by atoms with Crippen LogP contribution in [0.1, 0.15) is 54.4 Å². The van der Waals surface area contributed by atoms with Gasteiger partial charge in [0.05, 0.1) is 11.2 Å². The number of halogens is 2. The smallest absolute Gasteiger partial charge is 0.258 e. The topological polar surface area (TPSA) is 104 Å². The van der Waals surface area contributed by atoms with Gasteiger partial charge in [0.1, 0.15) is 0 Å². The Morgan fingerprint density at radius 1 is 0.925 bits per heavy atom. The SMILES string of the molecule is CS(=O)(=O)Nc1ccc2c(c1)C1(CCC3(CC3)CC1)CN2C(=O)c1cccc(S(=O)(=O)N2CC3C(C2)C3(F)F)c1. The first kappa shape index (κ1) is 26.3. The van der Waals surface area contributed by atoms with Crippen molar-refractivity contribution in [1.29, 1.82) is 0 Å². The summed E-state index contributed by atoms with van der Waals surface area (Å²) in [6.45, 7) is -0.00180. The molecule has 0 aromatic heterocycles. The quantitative estimate of drug-likeness (QED) is 0.562. The predicted molar refractivity (Wildman–Crippen MR) is 146 cm³/mol. The van der Waals surface area contributed by atoms with Crippen LogP contribution in [0.5, 0.6) is 0 Å². The van der Waals surface area contributed by atoms with E-state index in [9.17, 15) is 30.4 Å². The minimum absolute atomic E-state index is 0.0851. The van der Waals surface area contributed by atoms with Gasteiger partial charge >= 0.3 is 0 Å². The van der Waals surface area contributed by atoms with Gasteiger partial charge in [0.25, 0.3) is 11.8 Å². The summed E-state index contributed by atoms with van der Waals surface area (Å²) in [5.74, 6) is -5.01. The van der Waals surface area contributed by atoms with E-state index in [1.54, 1.807) is 23.1 Å². The van der Waals surface area contributed by atoms with Crippen molar-refractivity contribution in [2.75, 3.05) is 35.5 Å². The summed E-state index contributed by atoms with van der Waals surface area (Å²) in [4.78, 5) is 15.5. The Labute approximate surface area is 232 Å². The first-order valence-corrected chi connectivity index (χ1v) is 17.0. The maximum absolute atomic E-state index is 13.9. The Morgan fingerprint density at radius 3 is 2.20 bits per heavy atom. The number of piperidine rings is 1. The van der Waals surface area contributed by atoms with Crippen LogP contribution in [0.4, 0.5) is 20.2 Å². The van der Waals surface area contributed by atoms with E-state index in [1.165, 1.54) is 31.0 Å². The molecule has 2 aromatic rings. The van der Waals surface area contributed by atoms with E-state index in [4.69, 9.17) is 0 Å². The molecule has 3 saturated carbocycles. The van der Waals surface area contributed by atoms with Crippen molar-refractivity contribution in [1.82, 2.24) is 4.31 Å². The summed E-state index contributed by atoms with van der Waals surface area (Å²) >= 11 is 0. The van der Waals surface area contributed by atoms with Crippen molar-refractivity contribution >= 4 is 37.3 Å². The highest BCUT2D eigenvalue weighted by atomic mass is 32.2. The molecule has 214 valence electrons. The molecule has 8 nitrogen and oxygen atoms in total. The highest BCUT2D eigenvalue weighted by Gasteiger charge is 2.72. The summed E-state index contributed by atoms with van der Waals surface area (Å²) in [5.41, 5.74) is 2.39. The van der Waals surface area contributed by atoms with Crippen molar-refractivity contribution in [3.63, 3.8) is 0 Å². The van der Waals surface area contributed by atoms with E-state index < -0.39 is 37.8 Å². The summed E-state index contributed by atoms with van der Waals surface area (Å²) < 4.78 is 81.3. The molecule has 2 heterocycles. The fraction of sp³-hybridized carbons (Fsp3) is 0.536. The normalized spacial score (nSPS) is 27.4. The number of nitrogens with zero attached hydrogens (tertiary/aromatic N) is 2. The standard InChI is InChI=1S/C28H31F2N3O5S2/c1-39(35,36)31-19-5-6-24-21(14-19)27(11-9-26(7-8-26)10-12-27)17-33(24)25(34)18-3-2-4-20(13-18)40(37,38)32-15-22-23(16-32)28(22,29)30/h2-6,13-14,22-23,31H,7-12,15-17H2,1H3. The Morgan fingerprint density at radius 2 is 1.57 bits per heavy atom. The van der Waals surface area contributed by atoms with Crippen LogP contribution >= 0.6 is 0 Å². The zero-order valence-electron chi connectivity index (χ0n) is 22.1. The number of nitrogens with one attached hydrogen (secondary N) is 1. The average molecular weight is 592 g/mol. The second-order valence-electron chi connectivity index (χ2n) is 12.5. The zero-order chi connectivity index (χ0) is 28.3. The van der Waals surface area contributed by atoms with Crippen LogP contribution in [0.2, 0.25) is 0 Å². The maximum atomic E-state index is 13.9. The van der Waals surface area contributed by atoms with Gasteiger partial charge in [-0.15, -0.1) is 0 Å². The number of anilines is 2. The monoisotopic (exact) mass is 591 g/mol. The van der Waals surface area contributed by atoms with Crippen molar-refractivity contribution in [2.24, 2.45) is 17.3 Å². The van der Waals surface area contributed by atoms with Crippen molar-refractivity contribution in [3.8, 4) is 0 Å². The largest absolute Gasteiger partial charge is 0.307 e. The minimum Gasteiger partial charge on any atom is -0.307 e. The van der Waals surface area contributed by atoms with Crippen LogP contribution in [0.25, 0.3) is 0 Å². The van der Waals surface area contributed by atoms with E-state index in [1.807, 2.05) is 6.07 Å². The molecule has 4 fully saturated rings. The molecular weight excluding hydrogens is 560 g/mol. The number of benzene rings is 2. The molecule has 2 aromatic carbocycles. The second-order valence-corrected chi connectivity index (χ2v) is 16.2. The van der Waals surface area contributed by atoms with Crippen molar-refractivity contribution in [3.05, 3.63) is 53.6 Å². The minimum atomic E-state index is -4.02. The van der Waals surface area contributed by atoms with E-state index >= 15 is 0 Å². The molecule has 2 atom stereocenters. The van der Waals surface area contributed by atoms with Crippen LogP contribution < -0.4 is 9.62 Å². The Bertz CT molecular complexity index is 1630. The van der Waals surface area contributed by atoms with E-state index in [2.05, 4.69) is 4.72 Å². The second kappa shape index (κ2) is 8.25. The highest BCUT2D eigenvalue weighted by Crippen LogP contribution is 2.63. The molecule has 0 bridgehead atoms. The third kappa shape index (κ3) is 4.08. The molecule has 2 unspecified atom stereocenters. The lowest BCUT2D eigenvalue weighted by Gasteiger charge is -2.38. The first-order chi connectivity index (χ1) is 18.7. The number of amides is 1. The molecule has 40 heavy (non-hydrogen) atoms. The number of rotatable bonds is 5. The van der Waals surface area contributed by atoms with Crippen LogP contribution in [0, 0.1) is 17.3 Å². The summed E-state index contributed by atoms with van der Waals surface area (Å²) in [6.07, 6.45) is 7.45. The molecule has 1 saturated heterocycles. The van der Waals surface area contributed by atoms with E-state index in [0.717, 1.165) is 41.8 Å². The molecular formula is C28H31F2N3O5S2. The van der Waals surface area contributed by atoms with Crippen LogP contribution in [0.15, 0.2) is 47.4 Å². The summed E-state index contributed by atoms with van der Waals surface area (Å²) in [6, 6.07) is 11.0. The molecule has 1 amide bonds. The maximum Gasteiger partial charge on any atom is 0.258 e. The molecule has 2 spiro atoms. The Kier molecular flexibility index (Phi) is 5.44. The van der Waals surface area contributed by atoms with Gasteiger partial charge in [-0.05, 0) is 85.9 Å². The van der Waals surface area contributed by atoms with Gasteiger partial charge in [-0.3, -0.25) is 9.52 Å². The van der Waals surface area contributed by atoms with Gasteiger partial charge in [0.2, 0.25) is 20.0 Å². The lowest BCUT2D eigenvalue weighted by atomic mass is 9.66. The Balaban J connectivity index is 1.19. The summed E-state index contributed by atoms with van der Waals surface area (Å²) in [5, 5.41) is 0. The van der Waals surface area contributed by atoms with Gasteiger partial charge in [-0.1, -0.05) is 6.07 Å². The van der Waals surface area contributed by atoms with Gasteiger partial charge in [-0.25, -0.2) is 25.6 Å². The van der Waals surface area contributed by atoms with Gasteiger partial charge in [0.15, 0.2) is 0 Å². The van der Waals surface area contributed by atoms with Gasteiger partial charge in [-0.2, -0.15) is 4.31 Å². The lowest BCUT2D eigenvalue weighted by molar-refractivity contribution is 0.0661. The van der Waals surface area contributed by atoms with Crippen molar-refractivity contribution < 1.29 is 30.4 Å². The number of carbonyl (C=O) groups is 1.